The first-order chi connectivity index (χ1) is 6.58. The number of carbonyl (C=O) groups is 1. The van der Waals surface area contributed by atoms with Crippen molar-refractivity contribution < 1.29 is 15.0 Å². The molecule has 1 heterocycles. The molecule has 0 spiro atoms. The molecule has 0 bridgehead atoms. The zero-order valence-corrected chi connectivity index (χ0v) is 8.57. The number of aliphatic hydroxyl groups excluding tert-OH is 1. The van der Waals surface area contributed by atoms with Crippen molar-refractivity contribution in [3.63, 3.8) is 0 Å². The van der Waals surface area contributed by atoms with Gasteiger partial charge in [-0.25, -0.2) is 0 Å². The molecule has 0 saturated heterocycles. The van der Waals surface area contributed by atoms with Crippen LogP contribution in [0.4, 0.5) is 0 Å². The molecular weight excluding hydrogens is 204 g/mol. The van der Waals surface area contributed by atoms with E-state index < -0.39 is 12.1 Å². The van der Waals surface area contributed by atoms with Crippen LogP contribution in [0.3, 0.4) is 0 Å². The molecule has 0 fully saturated rings. The smallest absolute Gasteiger partial charge is 0.306 e. The number of aromatic nitrogens is 2. The predicted molar refractivity (Wildman–Crippen MR) is 52.2 cm³/mol. The Kier molecular flexibility index (Phi) is 3.97. The number of rotatable bonds is 5. The third-order valence-electron chi connectivity index (χ3n) is 1.53. The maximum Gasteiger partial charge on any atom is 0.306 e. The number of carboxylic acid groups (broad SMARTS) is 1. The number of aliphatic carboxylic acids is 1. The highest BCUT2D eigenvalue weighted by Gasteiger charge is 2.10. The van der Waals surface area contributed by atoms with Gasteiger partial charge in [-0.2, -0.15) is 5.10 Å². The molecule has 1 aromatic heterocycles. The molecule has 1 rings (SSSR count). The van der Waals surface area contributed by atoms with Crippen molar-refractivity contribution in [2.75, 3.05) is 5.75 Å². The number of nitrogens with zero attached hydrogens (tertiary/aromatic N) is 2. The average Bonchev–Trinajstić information content (AvgIpc) is 2.47. The van der Waals surface area contributed by atoms with E-state index in [1.807, 2.05) is 6.20 Å². The van der Waals surface area contributed by atoms with Crippen LogP contribution in [-0.4, -0.2) is 37.8 Å². The van der Waals surface area contributed by atoms with Gasteiger partial charge in [0.25, 0.3) is 0 Å². The van der Waals surface area contributed by atoms with Gasteiger partial charge >= 0.3 is 5.97 Å². The second-order valence-electron chi connectivity index (χ2n) is 2.91. The van der Waals surface area contributed by atoms with Crippen LogP contribution >= 0.6 is 11.8 Å². The summed E-state index contributed by atoms with van der Waals surface area (Å²) >= 11 is 1.39. The first-order valence-electron chi connectivity index (χ1n) is 4.09. The Morgan fingerprint density at radius 2 is 2.50 bits per heavy atom. The molecule has 1 atom stereocenters. The van der Waals surface area contributed by atoms with Crippen LogP contribution in [0.15, 0.2) is 17.3 Å². The van der Waals surface area contributed by atoms with E-state index >= 15 is 0 Å². The summed E-state index contributed by atoms with van der Waals surface area (Å²) in [5.74, 6) is -0.609. The lowest BCUT2D eigenvalue weighted by atomic mass is 10.3. The van der Waals surface area contributed by atoms with Crippen LogP contribution < -0.4 is 0 Å². The molecule has 0 aliphatic heterocycles. The number of aryl methyl sites for hydroxylation is 1. The Morgan fingerprint density at radius 3 is 3.00 bits per heavy atom. The van der Waals surface area contributed by atoms with Gasteiger partial charge < -0.3 is 10.2 Å². The first kappa shape index (κ1) is 11.1. The first-order valence-corrected chi connectivity index (χ1v) is 5.08. The summed E-state index contributed by atoms with van der Waals surface area (Å²) in [6, 6.07) is 0. The van der Waals surface area contributed by atoms with Crippen molar-refractivity contribution in [2.45, 2.75) is 17.4 Å². The summed E-state index contributed by atoms with van der Waals surface area (Å²) in [5, 5.41) is 21.6. The minimum atomic E-state index is -0.982. The van der Waals surface area contributed by atoms with Crippen LogP contribution in [-0.2, 0) is 11.8 Å². The molecule has 2 N–H and O–H groups in total. The van der Waals surface area contributed by atoms with Gasteiger partial charge in [0.2, 0.25) is 0 Å². The number of hydrogen-bond donors (Lipinski definition) is 2. The number of thioether (sulfide) groups is 1. The van der Waals surface area contributed by atoms with Crippen LogP contribution in [0.5, 0.6) is 0 Å². The van der Waals surface area contributed by atoms with E-state index in [0.717, 1.165) is 4.90 Å². The molecule has 1 unspecified atom stereocenters. The summed E-state index contributed by atoms with van der Waals surface area (Å²) in [6.45, 7) is 0. The van der Waals surface area contributed by atoms with Crippen LogP contribution in [0.2, 0.25) is 0 Å². The fourth-order valence-corrected chi connectivity index (χ4v) is 1.78. The molecule has 6 heteroatoms. The molecule has 0 amide bonds. The minimum absolute atomic E-state index is 0.215. The standard InChI is InChI=1S/C8H12N2O3S/c1-10-4-7(3-9-10)14-5-6(11)2-8(12)13/h3-4,6,11H,2,5H2,1H3,(H,12,13). The lowest BCUT2D eigenvalue weighted by molar-refractivity contribution is -0.138. The molecule has 0 aromatic carbocycles. The summed E-state index contributed by atoms with van der Waals surface area (Å²) in [6.07, 6.45) is 2.47. The fraction of sp³-hybridized carbons (Fsp3) is 0.500. The van der Waals surface area contributed by atoms with Crippen molar-refractivity contribution in [1.29, 1.82) is 0 Å². The zero-order valence-electron chi connectivity index (χ0n) is 7.75. The monoisotopic (exact) mass is 216 g/mol. The lowest BCUT2D eigenvalue weighted by Crippen LogP contribution is -2.15. The second kappa shape index (κ2) is 5.02. The van der Waals surface area contributed by atoms with Crippen LogP contribution in [0.25, 0.3) is 0 Å². The van der Waals surface area contributed by atoms with Crippen LogP contribution in [0.1, 0.15) is 6.42 Å². The summed E-state index contributed by atoms with van der Waals surface area (Å²) in [7, 11) is 1.80. The Balaban J connectivity index is 2.30. The second-order valence-corrected chi connectivity index (χ2v) is 4.01. The third-order valence-corrected chi connectivity index (χ3v) is 2.63. The van der Waals surface area contributed by atoms with Gasteiger partial charge in [-0.15, -0.1) is 11.8 Å². The molecule has 0 radical (unpaired) electrons. The van der Waals surface area contributed by atoms with E-state index in [9.17, 15) is 9.90 Å². The molecule has 0 aliphatic carbocycles. The highest BCUT2D eigenvalue weighted by Crippen LogP contribution is 2.17. The van der Waals surface area contributed by atoms with Crippen LogP contribution in [0, 0.1) is 0 Å². The van der Waals surface area contributed by atoms with Gasteiger partial charge in [0.05, 0.1) is 18.7 Å². The van der Waals surface area contributed by atoms with Gasteiger partial charge in [-0.1, -0.05) is 0 Å². The maximum atomic E-state index is 10.2. The van der Waals surface area contributed by atoms with Crippen molar-refractivity contribution in [2.24, 2.45) is 7.05 Å². The Hall–Kier alpha value is -1.01. The maximum absolute atomic E-state index is 10.2. The average molecular weight is 216 g/mol. The van der Waals surface area contributed by atoms with E-state index in [1.54, 1.807) is 17.9 Å². The molecular formula is C8H12N2O3S. The van der Waals surface area contributed by atoms with Gasteiger partial charge in [0, 0.05) is 23.9 Å². The molecule has 5 nitrogen and oxygen atoms in total. The summed E-state index contributed by atoms with van der Waals surface area (Å²) in [4.78, 5) is 11.2. The minimum Gasteiger partial charge on any atom is -0.481 e. The predicted octanol–water partition coefficient (Wildman–Crippen LogP) is 0.348. The normalized spacial score (nSPS) is 12.7. The molecule has 0 aliphatic rings. The van der Waals surface area contributed by atoms with Gasteiger partial charge in [0.1, 0.15) is 0 Å². The van der Waals surface area contributed by atoms with Gasteiger partial charge in [-0.3, -0.25) is 9.48 Å². The highest BCUT2D eigenvalue weighted by atomic mass is 32.2. The van der Waals surface area contributed by atoms with E-state index in [1.165, 1.54) is 11.8 Å². The topological polar surface area (TPSA) is 75.4 Å². The number of carboxylic acids is 1. The third kappa shape index (κ3) is 3.80. The summed E-state index contributed by atoms with van der Waals surface area (Å²) in [5.41, 5.74) is 0. The Labute approximate surface area is 85.7 Å². The Morgan fingerprint density at radius 1 is 1.79 bits per heavy atom. The van der Waals surface area contributed by atoms with Crippen molar-refractivity contribution in [3.05, 3.63) is 12.4 Å². The largest absolute Gasteiger partial charge is 0.481 e. The van der Waals surface area contributed by atoms with Crippen molar-refractivity contribution in [3.8, 4) is 0 Å². The highest BCUT2D eigenvalue weighted by molar-refractivity contribution is 7.99. The van der Waals surface area contributed by atoms with Gasteiger partial charge in [-0.05, 0) is 0 Å². The lowest BCUT2D eigenvalue weighted by Gasteiger charge is -2.05. The SMILES string of the molecule is Cn1cc(SCC(O)CC(=O)O)cn1. The fourth-order valence-electron chi connectivity index (χ4n) is 0.926. The van der Waals surface area contributed by atoms with Gasteiger partial charge in [0.15, 0.2) is 0 Å². The van der Waals surface area contributed by atoms with E-state index in [-0.39, 0.29) is 6.42 Å². The summed E-state index contributed by atoms with van der Waals surface area (Å²) < 4.78 is 1.66. The molecule has 78 valence electrons. The van der Waals surface area contributed by atoms with Crippen molar-refractivity contribution >= 4 is 17.7 Å². The van der Waals surface area contributed by atoms with E-state index in [0.29, 0.717) is 5.75 Å². The van der Waals surface area contributed by atoms with E-state index in [2.05, 4.69) is 5.10 Å². The van der Waals surface area contributed by atoms with Crippen molar-refractivity contribution in [1.82, 2.24) is 9.78 Å². The zero-order chi connectivity index (χ0) is 10.6. The molecule has 14 heavy (non-hydrogen) atoms. The molecule has 1 aromatic rings. The van der Waals surface area contributed by atoms with E-state index in [4.69, 9.17) is 5.11 Å². The molecule has 0 saturated carbocycles. The number of hydrogen-bond acceptors (Lipinski definition) is 4. The Bertz CT molecular complexity index is 313. The number of aliphatic hydroxyl groups is 1. The quantitative estimate of drug-likeness (QED) is 0.694.